The maximum absolute atomic E-state index is 14.0. The molecule has 2 aromatic rings. The van der Waals surface area contributed by atoms with Crippen molar-refractivity contribution in [2.24, 2.45) is 5.92 Å². The van der Waals surface area contributed by atoms with Crippen LogP contribution in [0.2, 0.25) is 0 Å². The van der Waals surface area contributed by atoms with Crippen molar-refractivity contribution in [2.45, 2.75) is 19.4 Å². The Morgan fingerprint density at radius 1 is 1.21 bits per heavy atom. The van der Waals surface area contributed by atoms with Crippen LogP contribution < -0.4 is 4.74 Å². The molecule has 3 rings (SSSR count). The number of hydrogen-bond acceptors (Lipinski definition) is 4. The zero-order valence-corrected chi connectivity index (χ0v) is 13.0. The lowest BCUT2D eigenvalue weighted by molar-refractivity contribution is -0.147. The van der Waals surface area contributed by atoms with Crippen LogP contribution in [0.25, 0.3) is 0 Å². The molecular formula is C19H17FO4. The Morgan fingerprint density at radius 3 is 2.75 bits per heavy atom. The third-order valence-corrected chi connectivity index (χ3v) is 4.00. The predicted molar refractivity (Wildman–Crippen MR) is 85.1 cm³/mol. The second-order valence-corrected chi connectivity index (χ2v) is 5.78. The number of rotatable bonds is 6. The van der Waals surface area contributed by atoms with Crippen LogP contribution in [0.1, 0.15) is 16.7 Å². The van der Waals surface area contributed by atoms with E-state index in [1.54, 1.807) is 6.07 Å². The van der Waals surface area contributed by atoms with Gasteiger partial charge in [-0.2, -0.15) is 0 Å². The minimum absolute atomic E-state index is 0.169. The van der Waals surface area contributed by atoms with E-state index in [1.165, 1.54) is 6.07 Å². The highest BCUT2D eigenvalue weighted by Crippen LogP contribution is 2.31. The number of esters is 1. The average molecular weight is 328 g/mol. The monoisotopic (exact) mass is 328 g/mol. The lowest BCUT2D eigenvalue weighted by Gasteiger charge is -2.09. The fraction of sp³-hybridized carbons (Fsp3) is 0.263. The van der Waals surface area contributed by atoms with Crippen LogP contribution in [-0.2, 0) is 33.8 Å². The summed E-state index contributed by atoms with van der Waals surface area (Å²) in [6.07, 6.45) is 1.77. The van der Waals surface area contributed by atoms with Crippen molar-refractivity contribution >= 4 is 12.3 Å². The first-order valence-corrected chi connectivity index (χ1v) is 7.74. The molecule has 0 bridgehead atoms. The molecule has 24 heavy (non-hydrogen) atoms. The maximum atomic E-state index is 14.0. The Labute approximate surface area is 139 Å². The minimum atomic E-state index is -0.523. The lowest BCUT2D eigenvalue weighted by Crippen LogP contribution is -2.15. The molecule has 0 spiro atoms. The molecule has 0 fully saturated rings. The maximum Gasteiger partial charge on any atom is 0.344 e. The second kappa shape index (κ2) is 7.25. The zero-order chi connectivity index (χ0) is 16.9. The van der Waals surface area contributed by atoms with Crippen LogP contribution in [0, 0.1) is 11.7 Å². The normalized spacial score (nSPS) is 15.6. The number of carbonyl (C=O) groups excluding carboxylic acids is 2. The van der Waals surface area contributed by atoms with E-state index in [0.29, 0.717) is 18.4 Å². The van der Waals surface area contributed by atoms with Crippen molar-refractivity contribution in [3.8, 4) is 5.75 Å². The largest absolute Gasteiger partial charge is 0.482 e. The van der Waals surface area contributed by atoms with Crippen molar-refractivity contribution in [1.82, 2.24) is 0 Å². The molecule has 1 atom stereocenters. The van der Waals surface area contributed by atoms with Gasteiger partial charge in [-0.1, -0.05) is 30.3 Å². The van der Waals surface area contributed by atoms with Gasteiger partial charge in [0.05, 0.1) is 0 Å². The molecule has 0 radical (unpaired) electrons. The Hall–Kier alpha value is -2.69. The van der Waals surface area contributed by atoms with Crippen LogP contribution in [-0.4, -0.2) is 18.9 Å². The third kappa shape index (κ3) is 3.79. The summed E-state index contributed by atoms with van der Waals surface area (Å²) < 4.78 is 24.5. The molecule has 4 nitrogen and oxygen atoms in total. The van der Waals surface area contributed by atoms with Crippen LogP contribution in [0.15, 0.2) is 42.5 Å². The Morgan fingerprint density at radius 2 is 2.00 bits per heavy atom. The van der Waals surface area contributed by atoms with Gasteiger partial charge in [-0.15, -0.1) is 0 Å². The van der Waals surface area contributed by atoms with Crippen molar-refractivity contribution in [3.63, 3.8) is 0 Å². The number of fused-ring (bicyclic) bond motifs is 1. The Bertz CT molecular complexity index is 743. The number of benzene rings is 2. The molecule has 1 aliphatic carbocycles. The first-order chi connectivity index (χ1) is 11.7. The van der Waals surface area contributed by atoms with Gasteiger partial charge >= 0.3 is 5.97 Å². The summed E-state index contributed by atoms with van der Waals surface area (Å²) in [5.74, 6) is -0.829. The van der Waals surface area contributed by atoms with Crippen LogP contribution in [0.3, 0.4) is 0 Å². The van der Waals surface area contributed by atoms with E-state index in [-0.39, 0.29) is 24.9 Å². The van der Waals surface area contributed by atoms with E-state index < -0.39 is 11.8 Å². The van der Waals surface area contributed by atoms with Gasteiger partial charge in [0.1, 0.15) is 24.5 Å². The van der Waals surface area contributed by atoms with Crippen LogP contribution in [0.5, 0.6) is 5.75 Å². The second-order valence-electron chi connectivity index (χ2n) is 5.78. The van der Waals surface area contributed by atoms with Gasteiger partial charge in [-0.05, 0) is 35.6 Å². The summed E-state index contributed by atoms with van der Waals surface area (Å²) >= 11 is 0. The molecule has 124 valence electrons. The van der Waals surface area contributed by atoms with Gasteiger partial charge in [0.15, 0.2) is 6.61 Å². The Balaban J connectivity index is 1.54. The number of halogens is 1. The molecule has 0 heterocycles. The molecule has 0 saturated carbocycles. The third-order valence-electron chi connectivity index (χ3n) is 4.00. The van der Waals surface area contributed by atoms with E-state index in [9.17, 15) is 14.0 Å². The number of ether oxygens (including phenoxy) is 2. The smallest absolute Gasteiger partial charge is 0.344 e. The number of carbonyl (C=O) groups is 2. The van der Waals surface area contributed by atoms with Crippen LogP contribution in [0.4, 0.5) is 4.39 Å². The van der Waals surface area contributed by atoms with Crippen molar-refractivity contribution < 1.29 is 23.5 Å². The molecule has 0 aliphatic heterocycles. The molecule has 1 unspecified atom stereocenters. The van der Waals surface area contributed by atoms with Crippen molar-refractivity contribution in [3.05, 3.63) is 65.0 Å². The summed E-state index contributed by atoms with van der Waals surface area (Å²) in [7, 11) is 0. The summed E-state index contributed by atoms with van der Waals surface area (Å²) in [5, 5.41) is 0. The molecule has 5 heteroatoms. The molecule has 2 aromatic carbocycles. The molecule has 0 saturated heterocycles. The summed E-state index contributed by atoms with van der Waals surface area (Å²) in [6, 6.07) is 12.2. The van der Waals surface area contributed by atoms with Gasteiger partial charge in [0.25, 0.3) is 0 Å². The first kappa shape index (κ1) is 16.2. The topological polar surface area (TPSA) is 52.6 Å². The fourth-order valence-electron chi connectivity index (χ4n) is 2.79. The van der Waals surface area contributed by atoms with E-state index in [1.807, 2.05) is 30.3 Å². The van der Waals surface area contributed by atoms with Crippen LogP contribution >= 0.6 is 0 Å². The number of hydrogen-bond donors (Lipinski definition) is 0. The highest BCUT2D eigenvalue weighted by molar-refractivity contribution is 5.71. The highest BCUT2D eigenvalue weighted by atomic mass is 19.1. The first-order valence-electron chi connectivity index (χ1n) is 7.74. The highest BCUT2D eigenvalue weighted by Gasteiger charge is 2.25. The van der Waals surface area contributed by atoms with Gasteiger partial charge in [-0.3, -0.25) is 0 Å². The fourth-order valence-corrected chi connectivity index (χ4v) is 2.79. The lowest BCUT2D eigenvalue weighted by atomic mass is 10.1. The van der Waals surface area contributed by atoms with E-state index in [2.05, 4.69) is 0 Å². The molecule has 0 amide bonds. The summed E-state index contributed by atoms with van der Waals surface area (Å²) in [6.45, 7) is -0.120. The van der Waals surface area contributed by atoms with Gasteiger partial charge < -0.3 is 14.3 Å². The van der Waals surface area contributed by atoms with Gasteiger partial charge in [0, 0.05) is 12.0 Å². The summed E-state index contributed by atoms with van der Waals surface area (Å²) in [4.78, 5) is 22.6. The van der Waals surface area contributed by atoms with E-state index in [4.69, 9.17) is 9.47 Å². The molecule has 0 aromatic heterocycles. The quantitative estimate of drug-likeness (QED) is 0.604. The number of aldehydes is 1. The van der Waals surface area contributed by atoms with Gasteiger partial charge in [-0.25, -0.2) is 9.18 Å². The van der Waals surface area contributed by atoms with Gasteiger partial charge in [0.2, 0.25) is 0 Å². The van der Waals surface area contributed by atoms with Crippen molar-refractivity contribution in [1.29, 1.82) is 0 Å². The average Bonchev–Trinajstić information content (AvgIpc) is 3.03. The molecule has 0 N–H and O–H groups in total. The standard InChI is InChI=1S/C19H17FO4/c20-18-9-16(8-15-6-14(10-21)7-17(15)18)23-12-19(22)24-11-13-4-2-1-3-5-13/h1-5,8-10,14H,6-7,11-12H2. The summed E-state index contributed by atoms with van der Waals surface area (Å²) in [5.41, 5.74) is 2.21. The predicted octanol–water partition coefficient (Wildman–Crippen LogP) is 2.86. The van der Waals surface area contributed by atoms with Crippen molar-refractivity contribution in [2.75, 3.05) is 6.61 Å². The zero-order valence-electron chi connectivity index (χ0n) is 13.0. The SMILES string of the molecule is O=CC1Cc2cc(OCC(=O)OCc3ccccc3)cc(F)c2C1. The van der Waals surface area contributed by atoms with E-state index in [0.717, 1.165) is 17.4 Å². The molecular weight excluding hydrogens is 311 g/mol. The Kier molecular flexibility index (Phi) is 4.89. The minimum Gasteiger partial charge on any atom is -0.482 e. The molecule has 1 aliphatic rings. The van der Waals surface area contributed by atoms with E-state index >= 15 is 0 Å².